The fraction of sp³-hybridized carbons (Fsp3) is 0.385. The molecule has 2 N–H and O–H groups in total. The van der Waals surface area contributed by atoms with E-state index in [0.29, 0.717) is 23.3 Å². The van der Waals surface area contributed by atoms with E-state index in [1.54, 1.807) is 18.2 Å². The first-order valence-electron chi connectivity index (χ1n) is 6.05. The van der Waals surface area contributed by atoms with Gasteiger partial charge in [-0.2, -0.15) is 4.98 Å². The minimum absolute atomic E-state index is 0.0223. The highest BCUT2D eigenvalue weighted by atomic mass is 35.5. The first-order chi connectivity index (χ1) is 9.10. The maximum atomic E-state index is 9.09. The van der Waals surface area contributed by atoms with E-state index >= 15 is 0 Å². The predicted molar refractivity (Wildman–Crippen MR) is 73.1 cm³/mol. The highest BCUT2D eigenvalue weighted by Gasteiger charge is 2.10. The van der Waals surface area contributed by atoms with Gasteiger partial charge in [0.1, 0.15) is 0 Å². The predicted octanol–water partition coefficient (Wildman–Crippen LogP) is 2.95. The van der Waals surface area contributed by atoms with Crippen LogP contribution in [0.15, 0.2) is 22.7 Å². The lowest BCUT2D eigenvalue weighted by Gasteiger charge is -2.07. The fourth-order valence-corrected chi connectivity index (χ4v) is 1.74. The van der Waals surface area contributed by atoms with Crippen LogP contribution >= 0.6 is 11.6 Å². The number of aliphatic hydroxyl groups is 1. The first kappa shape index (κ1) is 13.8. The van der Waals surface area contributed by atoms with Gasteiger partial charge in [-0.25, -0.2) is 0 Å². The fourth-order valence-electron chi connectivity index (χ4n) is 1.55. The Kier molecular flexibility index (Phi) is 4.39. The van der Waals surface area contributed by atoms with Crippen molar-refractivity contribution in [3.8, 4) is 0 Å². The molecule has 0 spiro atoms. The first-order valence-corrected chi connectivity index (χ1v) is 6.43. The zero-order valence-corrected chi connectivity index (χ0v) is 11.6. The highest BCUT2D eigenvalue weighted by molar-refractivity contribution is 6.33. The van der Waals surface area contributed by atoms with Gasteiger partial charge in [-0.1, -0.05) is 36.7 Å². The molecule has 2 rings (SSSR count). The van der Waals surface area contributed by atoms with Crippen LogP contribution in [0, 0.1) is 0 Å². The molecule has 0 radical (unpaired) electrons. The Balaban J connectivity index is 2.05. The van der Waals surface area contributed by atoms with Crippen molar-refractivity contribution >= 4 is 17.3 Å². The second-order valence-electron chi connectivity index (χ2n) is 4.53. The lowest BCUT2D eigenvalue weighted by Crippen LogP contribution is -2.02. The third-order valence-corrected chi connectivity index (χ3v) is 2.96. The molecule has 0 saturated heterocycles. The monoisotopic (exact) mass is 281 g/mol. The highest BCUT2D eigenvalue weighted by Crippen LogP contribution is 2.23. The largest absolute Gasteiger partial charge is 0.392 e. The standard InChI is InChI=1S/C13H16ClN3O2/c1-8(2)13-16-12(17-19-13)6-15-11-5-9(7-18)3-4-10(11)14/h3-5,8,15,18H,6-7H2,1-2H3. The van der Waals surface area contributed by atoms with Crippen LogP contribution in [0.2, 0.25) is 5.02 Å². The molecule has 0 amide bonds. The average molecular weight is 282 g/mol. The number of nitrogens with one attached hydrogen (secondary N) is 1. The molecular formula is C13H16ClN3O2. The number of aromatic nitrogens is 2. The van der Waals surface area contributed by atoms with Crippen LogP contribution in [0.4, 0.5) is 5.69 Å². The Morgan fingerprint density at radius 2 is 2.21 bits per heavy atom. The van der Waals surface area contributed by atoms with Crippen LogP contribution in [0.1, 0.15) is 37.0 Å². The summed E-state index contributed by atoms with van der Waals surface area (Å²) in [5, 5.41) is 16.7. The smallest absolute Gasteiger partial charge is 0.229 e. The van der Waals surface area contributed by atoms with Crippen molar-refractivity contribution in [1.29, 1.82) is 0 Å². The van der Waals surface area contributed by atoms with Gasteiger partial charge in [0.2, 0.25) is 5.89 Å². The second-order valence-corrected chi connectivity index (χ2v) is 4.94. The third kappa shape index (κ3) is 3.45. The van der Waals surface area contributed by atoms with Crippen LogP contribution in [0.25, 0.3) is 0 Å². The zero-order valence-electron chi connectivity index (χ0n) is 10.9. The number of aliphatic hydroxyl groups excluding tert-OH is 1. The summed E-state index contributed by atoms with van der Waals surface area (Å²) in [5.74, 6) is 1.41. The summed E-state index contributed by atoms with van der Waals surface area (Å²) >= 11 is 6.07. The molecule has 0 aliphatic carbocycles. The van der Waals surface area contributed by atoms with Gasteiger partial charge in [0.05, 0.1) is 23.9 Å². The number of rotatable bonds is 5. The van der Waals surface area contributed by atoms with Gasteiger partial charge in [-0.05, 0) is 17.7 Å². The molecule has 1 aromatic carbocycles. The van der Waals surface area contributed by atoms with E-state index in [0.717, 1.165) is 11.3 Å². The maximum absolute atomic E-state index is 9.09. The molecule has 0 bridgehead atoms. The van der Waals surface area contributed by atoms with E-state index in [1.165, 1.54) is 0 Å². The van der Waals surface area contributed by atoms with Gasteiger partial charge in [-0.3, -0.25) is 0 Å². The van der Waals surface area contributed by atoms with E-state index in [2.05, 4.69) is 15.5 Å². The number of halogens is 1. The molecule has 0 aliphatic rings. The topological polar surface area (TPSA) is 71.2 Å². The molecule has 2 aromatic rings. The molecule has 5 nitrogen and oxygen atoms in total. The lowest BCUT2D eigenvalue weighted by atomic mass is 10.2. The van der Waals surface area contributed by atoms with E-state index in [-0.39, 0.29) is 12.5 Å². The third-order valence-electron chi connectivity index (χ3n) is 2.63. The van der Waals surface area contributed by atoms with Gasteiger partial charge in [0.15, 0.2) is 5.82 Å². The summed E-state index contributed by atoms with van der Waals surface area (Å²) in [5.41, 5.74) is 1.53. The quantitative estimate of drug-likeness (QED) is 0.882. The van der Waals surface area contributed by atoms with Crippen LogP contribution < -0.4 is 5.32 Å². The van der Waals surface area contributed by atoms with E-state index < -0.39 is 0 Å². The van der Waals surface area contributed by atoms with Crippen molar-refractivity contribution < 1.29 is 9.63 Å². The number of nitrogens with zero attached hydrogens (tertiary/aromatic N) is 2. The summed E-state index contributed by atoms with van der Waals surface area (Å²) < 4.78 is 5.12. The molecule has 0 unspecified atom stereocenters. The molecule has 0 atom stereocenters. The van der Waals surface area contributed by atoms with Crippen LogP contribution in [0.5, 0.6) is 0 Å². The number of anilines is 1. The summed E-state index contributed by atoms with van der Waals surface area (Å²) in [6.45, 7) is 4.38. The van der Waals surface area contributed by atoms with Gasteiger partial charge >= 0.3 is 0 Å². The van der Waals surface area contributed by atoms with Crippen molar-refractivity contribution in [2.75, 3.05) is 5.32 Å². The van der Waals surface area contributed by atoms with Crippen molar-refractivity contribution in [2.24, 2.45) is 0 Å². The Labute approximate surface area is 116 Å². The van der Waals surface area contributed by atoms with Crippen molar-refractivity contribution in [3.05, 3.63) is 40.5 Å². The second kappa shape index (κ2) is 6.04. The lowest BCUT2D eigenvalue weighted by molar-refractivity contribution is 0.282. The number of hydrogen-bond donors (Lipinski definition) is 2. The number of hydrogen-bond acceptors (Lipinski definition) is 5. The normalized spacial score (nSPS) is 11.0. The van der Waals surface area contributed by atoms with E-state index in [1.807, 2.05) is 13.8 Å². The minimum Gasteiger partial charge on any atom is -0.392 e. The maximum Gasteiger partial charge on any atom is 0.229 e. The summed E-state index contributed by atoms with van der Waals surface area (Å²) in [6, 6.07) is 5.32. The zero-order chi connectivity index (χ0) is 13.8. The van der Waals surface area contributed by atoms with Gasteiger partial charge in [0, 0.05) is 5.92 Å². The van der Waals surface area contributed by atoms with E-state index in [9.17, 15) is 0 Å². The molecule has 0 saturated carbocycles. The van der Waals surface area contributed by atoms with Gasteiger partial charge in [0.25, 0.3) is 0 Å². The van der Waals surface area contributed by atoms with Crippen LogP contribution in [-0.2, 0) is 13.2 Å². The Bertz CT molecular complexity index is 555. The van der Waals surface area contributed by atoms with Gasteiger partial charge in [-0.15, -0.1) is 0 Å². The molecule has 1 heterocycles. The molecule has 1 aromatic heterocycles. The molecule has 0 fully saturated rings. The Morgan fingerprint density at radius 1 is 1.42 bits per heavy atom. The molecule has 6 heteroatoms. The SMILES string of the molecule is CC(C)c1nc(CNc2cc(CO)ccc2Cl)no1. The van der Waals surface area contributed by atoms with Gasteiger partial charge < -0.3 is 14.9 Å². The molecular weight excluding hydrogens is 266 g/mol. The molecule has 102 valence electrons. The Morgan fingerprint density at radius 3 is 2.84 bits per heavy atom. The molecule has 0 aliphatic heterocycles. The number of benzene rings is 1. The summed E-state index contributed by atoms with van der Waals surface area (Å²) in [6.07, 6.45) is 0. The Hall–Kier alpha value is -1.59. The minimum atomic E-state index is -0.0223. The summed E-state index contributed by atoms with van der Waals surface area (Å²) in [4.78, 5) is 4.26. The van der Waals surface area contributed by atoms with Crippen molar-refractivity contribution in [1.82, 2.24) is 10.1 Å². The van der Waals surface area contributed by atoms with Crippen molar-refractivity contribution in [3.63, 3.8) is 0 Å². The average Bonchev–Trinajstić information content (AvgIpc) is 2.87. The van der Waals surface area contributed by atoms with Crippen LogP contribution in [0.3, 0.4) is 0 Å². The summed E-state index contributed by atoms with van der Waals surface area (Å²) in [7, 11) is 0. The van der Waals surface area contributed by atoms with E-state index in [4.69, 9.17) is 21.2 Å². The van der Waals surface area contributed by atoms with Crippen molar-refractivity contribution in [2.45, 2.75) is 32.9 Å². The van der Waals surface area contributed by atoms with Crippen LogP contribution in [-0.4, -0.2) is 15.2 Å². The molecule has 19 heavy (non-hydrogen) atoms.